The first-order chi connectivity index (χ1) is 23.4. The molecule has 0 heterocycles. The van der Waals surface area contributed by atoms with E-state index in [0.717, 1.165) is 0 Å². The molecule has 4 heteroatoms. The Hall–Kier alpha value is -3.52. The van der Waals surface area contributed by atoms with E-state index in [1.807, 2.05) is 0 Å². The van der Waals surface area contributed by atoms with Crippen LogP contribution in [0, 0.1) is 0 Å². The van der Waals surface area contributed by atoms with Crippen molar-refractivity contribution in [2.75, 3.05) is 0 Å². The van der Waals surface area contributed by atoms with Crippen LogP contribution in [-0.4, -0.2) is 5.43 Å². The molecule has 0 nitrogen and oxygen atoms in total. The predicted molar refractivity (Wildman–Crippen MR) is 207 cm³/mol. The van der Waals surface area contributed by atoms with E-state index in [4.69, 9.17) is 17.0 Å². The van der Waals surface area contributed by atoms with Crippen LogP contribution < -0.4 is 0 Å². The van der Waals surface area contributed by atoms with Crippen LogP contribution in [0.3, 0.4) is 0 Å². The van der Waals surface area contributed by atoms with Crippen molar-refractivity contribution in [1.82, 2.24) is 0 Å². The van der Waals surface area contributed by atoms with Gasteiger partial charge in [-0.3, -0.25) is 0 Å². The Bertz CT molecular complexity index is 2140. The van der Waals surface area contributed by atoms with E-state index in [9.17, 15) is 0 Å². The zero-order chi connectivity index (χ0) is 32.9. The molecule has 2 aliphatic carbocycles. The summed E-state index contributed by atoms with van der Waals surface area (Å²) in [5.74, 6) is 0. The molecule has 2 unspecified atom stereocenters. The van der Waals surface area contributed by atoms with Gasteiger partial charge in [-0.1, -0.05) is 0 Å². The first kappa shape index (κ1) is 31.7. The van der Waals surface area contributed by atoms with Gasteiger partial charge in [0.05, 0.1) is 0 Å². The van der Waals surface area contributed by atoms with Gasteiger partial charge in [0.2, 0.25) is 0 Å². The average Bonchev–Trinajstić information content (AvgIpc) is 3.74. The summed E-state index contributed by atoms with van der Waals surface area (Å²) in [5, 5.41) is 0. The molecule has 0 amide bonds. The molecule has 6 aromatic rings. The number of benzene rings is 6. The summed E-state index contributed by atoms with van der Waals surface area (Å²) in [6.45, 7) is 4.78. The van der Waals surface area contributed by atoms with Crippen LogP contribution in [0.4, 0.5) is 0 Å². The third-order valence-electron chi connectivity index (χ3n) is 10.5. The Labute approximate surface area is 292 Å². The van der Waals surface area contributed by atoms with Crippen LogP contribution in [0.2, 0.25) is 13.1 Å². The van der Waals surface area contributed by atoms with Gasteiger partial charge in [0.25, 0.3) is 0 Å². The first-order valence-corrected chi connectivity index (χ1v) is 32.0. The number of halogens is 2. The van der Waals surface area contributed by atoms with E-state index in [2.05, 4.69) is 183 Å². The Morgan fingerprint density at radius 3 is 1.08 bits per heavy atom. The van der Waals surface area contributed by atoms with Crippen molar-refractivity contribution in [3.8, 4) is 22.3 Å². The molecule has 0 aliphatic heterocycles. The molecule has 0 saturated heterocycles. The molecule has 0 radical (unpaired) electrons. The molecule has 2 atom stereocenters. The quantitative estimate of drug-likeness (QED) is 0.149. The van der Waals surface area contributed by atoms with Gasteiger partial charge in [0, 0.05) is 0 Å². The number of fused-ring (bicyclic) bond motifs is 2. The van der Waals surface area contributed by atoms with Crippen LogP contribution in [0.25, 0.3) is 45.6 Å². The van der Waals surface area contributed by atoms with E-state index < -0.39 is 20.4 Å². The van der Waals surface area contributed by atoms with Gasteiger partial charge in [-0.2, -0.15) is 0 Å². The molecule has 6 aromatic carbocycles. The summed E-state index contributed by atoms with van der Waals surface area (Å²) in [6.07, 6.45) is 4.84. The molecule has 0 N–H and O–H groups in total. The molecule has 0 saturated carbocycles. The minimum absolute atomic E-state index is 0.0804. The van der Waals surface area contributed by atoms with Crippen LogP contribution in [-0.2, 0) is 15.0 Å². The third kappa shape index (κ3) is 5.04. The summed E-state index contributed by atoms with van der Waals surface area (Å²) < 4.78 is -0.161. The van der Waals surface area contributed by atoms with Gasteiger partial charge in [-0.25, -0.2) is 0 Å². The summed E-state index contributed by atoms with van der Waals surface area (Å²) in [6, 6.07) is 56.6. The van der Waals surface area contributed by atoms with Crippen LogP contribution in [0.15, 0.2) is 158 Å². The second-order valence-electron chi connectivity index (χ2n) is 13.3. The minimum atomic E-state index is -5.15. The number of rotatable bonds is 6. The van der Waals surface area contributed by atoms with E-state index in [1.54, 1.807) is 0 Å². The van der Waals surface area contributed by atoms with Crippen molar-refractivity contribution in [2.45, 2.75) is 20.3 Å². The van der Waals surface area contributed by atoms with Gasteiger partial charge < -0.3 is 0 Å². The normalized spacial score (nSPS) is 16.9. The average molecular weight is 755 g/mol. The Balaban J connectivity index is 1.45. The fourth-order valence-electron chi connectivity index (χ4n) is 8.19. The second-order valence-corrected chi connectivity index (χ2v) is 52.1. The second kappa shape index (κ2) is 12.4. The fraction of sp³-hybridized carbons (Fsp3) is 0.0909. The van der Waals surface area contributed by atoms with Crippen LogP contribution in [0.5, 0.6) is 0 Å². The fourth-order valence-corrected chi connectivity index (χ4v) is 36.0. The molecular weight excluding hydrogens is 719 g/mol. The van der Waals surface area contributed by atoms with Gasteiger partial charge in [0.1, 0.15) is 0 Å². The Morgan fingerprint density at radius 2 is 0.750 bits per heavy atom. The maximum absolute atomic E-state index is 8.82. The topological polar surface area (TPSA) is 0 Å². The molecule has 48 heavy (non-hydrogen) atoms. The number of hydrogen-bond acceptors (Lipinski definition) is 0. The summed E-state index contributed by atoms with van der Waals surface area (Å²) in [4.78, 5) is 0. The molecule has 0 aromatic heterocycles. The molecule has 0 bridgehead atoms. The molecular formula is C44H36Cl2SiZr. The van der Waals surface area contributed by atoms with Crippen molar-refractivity contribution in [3.05, 3.63) is 191 Å². The molecule has 8 rings (SSSR count). The van der Waals surface area contributed by atoms with Crippen molar-refractivity contribution in [1.29, 1.82) is 0 Å². The molecule has 0 fully saturated rings. The van der Waals surface area contributed by atoms with E-state index in [-0.39, 0.29) is 7.25 Å². The molecule has 2 aliphatic rings. The summed E-state index contributed by atoms with van der Waals surface area (Å²) >= 11 is -5.15. The maximum atomic E-state index is 8.82. The van der Waals surface area contributed by atoms with Crippen LogP contribution in [0.1, 0.15) is 40.6 Å². The monoisotopic (exact) mass is 752 g/mol. The third-order valence-corrected chi connectivity index (χ3v) is 56.8. The van der Waals surface area contributed by atoms with Gasteiger partial charge in [-0.15, -0.1) is 0 Å². The molecule has 0 spiro atoms. The number of allylic oxidation sites excluding steroid dienone is 2. The van der Waals surface area contributed by atoms with E-state index in [0.29, 0.717) is 0 Å². The van der Waals surface area contributed by atoms with Gasteiger partial charge >= 0.3 is 294 Å². The van der Waals surface area contributed by atoms with Gasteiger partial charge in [0.15, 0.2) is 0 Å². The first-order valence-electron chi connectivity index (χ1n) is 16.6. The zero-order valence-electron chi connectivity index (χ0n) is 27.1. The summed E-state index contributed by atoms with van der Waals surface area (Å²) in [7, 11) is 17.6. The predicted octanol–water partition coefficient (Wildman–Crippen LogP) is 13.2. The van der Waals surface area contributed by atoms with Gasteiger partial charge in [-0.05, 0) is 0 Å². The van der Waals surface area contributed by atoms with Crippen molar-refractivity contribution in [2.24, 2.45) is 0 Å². The van der Waals surface area contributed by atoms with Crippen molar-refractivity contribution >= 4 is 45.8 Å². The van der Waals surface area contributed by atoms with Crippen molar-refractivity contribution in [3.63, 3.8) is 0 Å². The van der Waals surface area contributed by atoms with Crippen LogP contribution >= 0.6 is 17.0 Å². The summed E-state index contributed by atoms with van der Waals surface area (Å²) in [5.41, 5.74) is 13.5. The zero-order valence-corrected chi connectivity index (χ0v) is 32.0. The van der Waals surface area contributed by atoms with E-state index in [1.165, 1.54) is 66.8 Å². The van der Waals surface area contributed by atoms with E-state index >= 15 is 0 Å². The Kier molecular flexibility index (Phi) is 8.21. The molecule has 234 valence electrons. The van der Waals surface area contributed by atoms with Crippen molar-refractivity contribution < 1.29 is 15.0 Å². The Morgan fingerprint density at radius 1 is 0.417 bits per heavy atom. The standard InChI is InChI=1S/2C21H15.C2H6Si.2ClH.Zr/c2*1-3-8-16(9-4-1)19-14-18-12-7-13-20(21(18)15-19)17-10-5-2-6-11-17;1-3-2;;;/h2*1-15H;1-2H3;2*1H;/q;;;;;+2/p-2. The number of hydrogen-bond donors (Lipinski definition) is 0. The SMILES string of the molecule is C[Si](C)=[Zr]([Cl])([Cl])([CH]1C(c2ccccc2)=Cc2c(-c3ccccc3)cccc21)[CH]1C(c2ccccc2)=Cc2c(-c3ccccc3)cccc21.